The van der Waals surface area contributed by atoms with Gasteiger partial charge in [-0.3, -0.25) is 4.79 Å². The smallest absolute Gasteiger partial charge is 0.354 e. The van der Waals surface area contributed by atoms with Crippen molar-refractivity contribution < 1.29 is 14.7 Å². The lowest BCUT2D eigenvalue weighted by Crippen LogP contribution is -2.11. The summed E-state index contributed by atoms with van der Waals surface area (Å²) in [5, 5.41) is 11.5. The summed E-state index contributed by atoms with van der Waals surface area (Å²) in [6.07, 6.45) is 4.63. The molecule has 0 saturated carbocycles. The monoisotopic (exact) mass is 288 g/mol. The normalized spacial score (nSPS) is 13.0. The lowest BCUT2D eigenvalue weighted by molar-refractivity contribution is 0.0690. The molecule has 0 atom stereocenters. The molecular weight excluding hydrogens is 276 g/mol. The van der Waals surface area contributed by atoms with E-state index in [1.807, 2.05) is 6.07 Å². The van der Waals surface area contributed by atoms with E-state index in [1.54, 1.807) is 0 Å². The lowest BCUT2D eigenvalue weighted by atomic mass is 10.2. The molecule has 1 amide bonds. The first-order valence-corrected chi connectivity index (χ1v) is 7.07. The molecule has 102 valence electrons. The number of aromatic carboxylic acids is 1. The highest BCUT2D eigenvalue weighted by Crippen LogP contribution is 2.30. The summed E-state index contributed by atoms with van der Waals surface area (Å²) in [5.74, 6) is -1.26. The number of aromatic nitrogens is 1. The van der Waals surface area contributed by atoms with E-state index in [4.69, 9.17) is 5.11 Å². The summed E-state index contributed by atoms with van der Waals surface area (Å²) in [7, 11) is 0. The van der Waals surface area contributed by atoms with Gasteiger partial charge in [-0.25, -0.2) is 9.78 Å². The van der Waals surface area contributed by atoms with Crippen molar-refractivity contribution in [1.29, 1.82) is 0 Å². The van der Waals surface area contributed by atoms with Crippen molar-refractivity contribution in [3.63, 3.8) is 0 Å². The van der Waals surface area contributed by atoms with Crippen LogP contribution in [0.3, 0.4) is 0 Å². The van der Waals surface area contributed by atoms with Crippen molar-refractivity contribution in [1.82, 2.24) is 4.98 Å². The molecule has 3 rings (SSSR count). The molecule has 2 aromatic rings. The Kier molecular flexibility index (Phi) is 3.23. The van der Waals surface area contributed by atoms with Crippen LogP contribution in [0.25, 0.3) is 0 Å². The number of rotatable bonds is 3. The molecule has 0 bridgehead atoms. The first-order valence-electron chi connectivity index (χ1n) is 6.26. The van der Waals surface area contributed by atoms with Crippen LogP contribution in [0.2, 0.25) is 0 Å². The predicted octanol–water partition coefficient (Wildman–Crippen LogP) is 2.58. The van der Waals surface area contributed by atoms with E-state index in [9.17, 15) is 9.59 Å². The van der Waals surface area contributed by atoms with Gasteiger partial charge in [0.25, 0.3) is 5.91 Å². The maximum atomic E-state index is 12.1. The molecular formula is C14H12N2O3S. The molecule has 0 spiro atoms. The van der Waals surface area contributed by atoms with Crippen molar-refractivity contribution in [2.75, 3.05) is 5.32 Å². The van der Waals surface area contributed by atoms with Crippen molar-refractivity contribution >= 4 is 28.9 Å². The zero-order chi connectivity index (χ0) is 14.1. The minimum absolute atomic E-state index is 0.0434. The molecule has 0 unspecified atom stereocenters. The van der Waals surface area contributed by atoms with Gasteiger partial charge in [0.1, 0.15) is 5.69 Å². The minimum atomic E-state index is -1.09. The van der Waals surface area contributed by atoms with Crippen LogP contribution in [-0.2, 0) is 12.8 Å². The van der Waals surface area contributed by atoms with Gasteiger partial charge in [0, 0.05) is 4.88 Å². The average Bonchev–Trinajstić information content (AvgIpc) is 2.99. The van der Waals surface area contributed by atoms with Crippen molar-refractivity contribution in [3.8, 4) is 0 Å². The van der Waals surface area contributed by atoms with E-state index < -0.39 is 5.97 Å². The summed E-state index contributed by atoms with van der Waals surface area (Å²) in [4.78, 5) is 28.5. The number of carbonyl (C=O) groups is 2. The van der Waals surface area contributed by atoms with Gasteiger partial charge in [-0.1, -0.05) is 0 Å². The molecule has 5 nitrogen and oxygen atoms in total. The van der Waals surface area contributed by atoms with Crippen LogP contribution in [-0.4, -0.2) is 22.0 Å². The summed E-state index contributed by atoms with van der Waals surface area (Å²) in [6.45, 7) is 0. The highest BCUT2D eigenvalue weighted by Gasteiger charge is 2.18. The van der Waals surface area contributed by atoms with E-state index >= 15 is 0 Å². The number of pyridine rings is 1. The zero-order valence-electron chi connectivity index (χ0n) is 10.5. The van der Waals surface area contributed by atoms with Gasteiger partial charge in [-0.2, -0.15) is 0 Å². The molecule has 0 aromatic carbocycles. The third kappa shape index (κ3) is 2.42. The van der Waals surface area contributed by atoms with Crippen molar-refractivity contribution in [2.24, 2.45) is 0 Å². The second-order valence-corrected chi connectivity index (χ2v) is 5.74. The molecule has 6 heteroatoms. The Labute approximate surface area is 119 Å². The van der Waals surface area contributed by atoms with Gasteiger partial charge in [0.2, 0.25) is 0 Å². The number of nitrogens with zero attached hydrogens (tertiary/aromatic N) is 1. The van der Waals surface area contributed by atoms with E-state index in [-0.39, 0.29) is 11.6 Å². The van der Waals surface area contributed by atoms with E-state index in [1.165, 1.54) is 46.5 Å². The van der Waals surface area contributed by atoms with Crippen LogP contribution >= 0.6 is 11.3 Å². The molecule has 0 fully saturated rings. The van der Waals surface area contributed by atoms with Crippen molar-refractivity contribution in [2.45, 2.75) is 19.3 Å². The maximum absolute atomic E-state index is 12.1. The summed E-state index contributed by atoms with van der Waals surface area (Å²) >= 11 is 1.53. The summed E-state index contributed by atoms with van der Waals surface area (Å²) in [6, 6.07) is 4.85. The lowest BCUT2D eigenvalue weighted by Gasteiger charge is -2.03. The van der Waals surface area contributed by atoms with E-state index in [0.717, 1.165) is 12.8 Å². The number of hydrogen-bond donors (Lipinski definition) is 2. The van der Waals surface area contributed by atoms with Crippen LogP contribution in [0.5, 0.6) is 0 Å². The molecule has 0 aliphatic heterocycles. The predicted molar refractivity (Wildman–Crippen MR) is 75.5 cm³/mol. The van der Waals surface area contributed by atoms with E-state index in [2.05, 4.69) is 10.3 Å². The number of aryl methyl sites for hydroxylation is 2. The number of carbonyl (C=O) groups excluding carboxylic acids is 1. The Morgan fingerprint density at radius 1 is 1.30 bits per heavy atom. The molecule has 20 heavy (non-hydrogen) atoms. The van der Waals surface area contributed by atoms with Crippen molar-refractivity contribution in [3.05, 3.63) is 45.4 Å². The van der Waals surface area contributed by atoms with Gasteiger partial charge in [0.15, 0.2) is 0 Å². The summed E-state index contributed by atoms with van der Waals surface area (Å²) < 4.78 is 0. The van der Waals surface area contributed by atoms with Gasteiger partial charge < -0.3 is 10.4 Å². The number of thiophene rings is 1. The van der Waals surface area contributed by atoms with Gasteiger partial charge in [-0.15, -0.1) is 11.3 Å². The Hall–Kier alpha value is -2.21. The number of hydrogen-bond acceptors (Lipinski definition) is 4. The van der Waals surface area contributed by atoms with Gasteiger partial charge in [-0.05, 0) is 43.0 Å². The largest absolute Gasteiger partial charge is 0.477 e. The number of carboxylic acid groups (broad SMARTS) is 1. The Morgan fingerprint density at radius 3 is 2.80 bits per heavy atom. The number of nitrogens with one attached hydrogen (secondary N) is 1. The topological polar surface area (TPSA) is 79.3 Å². The molecule has 1 aliphatic carbocycles. The van der Waals surface area contributed by atoms with Gasteiger partial charge >= 0.3 is 5.97 Å². The van der Waals surface area contributed by atoms with Crippen LogP contribution < -0.4 is 5.32 Å². The molecule has 2 aromatic heterocycles. The fourth-order valence-corrected chi connectivity index (χ4v) is 3.38. The minimum Gasteiger partial charge on any atom is -0.477 e. The fourth-order valence-electron chi connectivity index (χ4n) is 2.23. The Bertz CT molecular complexity index is 655. The quantitative estimate of drug-likeness (QED) is 0.909. The molecule has 0 saturated heterocycles. The third-order valence-electron chi connectivity index (χ3n) is 3.21. The third-order valence-corrected chi connectivity index (χ3v) is 4.45. The SMILES string of the molecule is O=C(O)c1ccc(NC(=O)c2cc3c(s2)CCC3)cn1. The molecule has 0 radical (unpaired) electrons. The number of fused-ring (bicyclic) bond motifs is 1. The fraction of sp³-hybridized carbons (Fsp3) is 0.214. The standard InChI is InChI=1S/C14H12N2O3S/c17-13(12-6-8-2-1-3-11(8)20-12)16-9-4-5-10(14(18)19)15-7-9/h4-7H,1-3H2,(H,16,17)(H,18,19). The maximum Gasteiger partial charge on any atom is 0.354 e. The number of carboxylic acids is 1. The van der Waals surface area contributed by atoms with Crippen LogP contribution in [0.1, 0.15) is 37.0 Å². The number of anilines is 1. The van der Waals surface area contributed by atoms with Crippen LogP contribution in [0, 0.1) is 0 Å². The molecule has 1 aliphatic rings. The molecule has 2 N–H and O–H groups in total. The van der Waals surface area contributed by atoms with Crippen LogP contribution in [0.4, 0.5) is 5.69 Å². The molecule has 2 heterocycles. The second kappa shape index (κ2) is 5.05. The highest BCUT2D eigenvalue weighted by atomic mass is 32.1. The first kappa shape index (κ1) is 12.8. The van der Waals surface area contributed by atoms with E-state index in [0.29, 0.717) is 10.6 Å². The zero-order valence-corrected chi connectivity index (χ0v) is 11.4. The average molecular weight is 288 g/mol. The Morgan fingerprint density at radius 2 is 2.15 bits per heavy atom. The highest BCUT2D eigenvalue weighted by molar-refractivity contribution is 7.14. The second-order valence-electron chi connectivity index (χ2n) is 4.60. The first-order chi connectivity index (χ1) is 9.63. The van der Waals surface area contributed by atoms with Gasteiger partial charge in [0.05, 0.1) is 16.8 Å². The number of amides is 1. The summed E-state index contributed by atoms with van der Waals surface area (Å²) in [5.41, 5.74) is 1.73. The van der Waals surface area contributed by atoms with Crippen LogP contribution in [0.15, 0.2) is 24.4 Å². The Balaban J connectivity index is 1.73.